The summed E-state index contributed by atoms with van der Waals surface area (Å²) >= 11 is 0. The van der Waals surface area contributed by atoms with Crippen molar-refractivity contribution >= 4 is 24.1 Å². The van der Waals surface area contributed by atoms with Gasteiger partial charge in [0.05, 0.1) is 25.1 Å². The van der Waals surface area contributed by atoms with Gasteiger partial charge in [0.25, 0.3) is 0 Å². The van der Waals surface area contributed by atoms with Gasteiger partial charge in [0.15, 0.2) is 0 Å². The molecule has 0 unspecified atom stereocenters. The summed E-state index contributed by atoms with van der Waals surface area (Å²) in [6.45, 7) is 2.28. The largest absolute Gasteiger partial charge is 0.478 e. The van der Waals surface area contributed by atoms with E-state index in [1.165, 1.54) is 6.08 Å². The Morgan fingerprint density at radius 1 is 1.33 bits per heavy atom. The van der Waals surface area contributed by atoms with Crippen LogP contribution in [0, 0.1) is 0 Å². The molecular formula is C18H18N2O4. The predicted molar refractivity (Wildman–Crippen MR) is 89.9 cm³/mol. The third kappa shape index (κ3) is 5.24. The summed E-state index contributed by atoms with van der Waals surface area (Å²) in [5.74, 6) is -1.40. The van der Waals surface area contributed by atoms with Crippen molar-refractivity contribution in [2.75, 3.05) is 6.61 Å². The predicted octanol–water partition coefficient (Wildman–Crippen LogP) is 2.63. The fourth-order valence-electron chi connectivity index (χ4n) is 2.06. The number of carboxylic acids is 1. The molecule has 2 aromatic rings. The number of rotatable bonds is 7. The highest BCUT2D eigenvalue weighted by Crippen LogP contribution is 2.13. The third-order valence-corrected chi connectivity index (χ3v) is 3.14. The molecule has 6 heteroatoms. The number of nitrogens with zero attached hydrogens (tertiary/aromatic N) is 2. The molecule has 0 bridgehead atoms. The number of aromatic nitrogens is 2. The zero-order valence-electron chi connectivity index (χ0n) is 13.3. The van der Waals surface area contributed by atoms with E-state index >= 15 is 0 Å². The van der Waals surface area contributed by atoms with Gasteiger partial charge in [-0.1, -0.05) is 18.2 Å². The van der Waals surface area contributed by atoms with Crippen molar-refractivity contribution in [3.05, 3.63) is 65.8 Å². The average molecular weight is 326 g/mol. The van der Waals surface area contributed by atoms with Crippen molar-refractivity contribution < 1.29 is 19.4 Å². The third-order valence-electron chi connectivity index (χ3n) is 3.14. The molecule has 0 fully saturated rings. The van der Waals surface area contributed by atoms with E-state index in [1.54, 1.807) is 60.6 Å². The van der Waals surface area contributed by atoms with Crippen LogP contribution in [0.3, 0.4) is 0 Å². The molecule has 24 heavy (non-hydrogen) atoms. The fraction of sp³-hybridized carbons (Fsp3) is 0.167. The maximum atomic E-state index is 11.4. The zero-order chi connectivity index (χ0) is 17.4. The SMILES string of the molecule is CCOC(=O)C=Cc1cccc(C=C(Cn2ccnc2)C(=O)O)c1. The molecular weight excluding hydrogens is 308 g/mol. The fourth-order valence-corrected chi connectivity index (χ4v) is 2.06. The van der Waals surface area contributed by atoms with E-state index in [0.29, 0.717) is 6.61 Å². The molecule has 0 saturated heterocycles. The van der Waals surface area contributed by atoms with E-state index in [4.69, 9.17) is 4.74 Å². The minimum Gasteiger partial charge on any atom is -0.478 e. The van der Waals surface area contributed by atoms with Gasteiger partial charge in [-0.15, -0.1) is 0 Å². The number of carboxylic acid groups (broad SMARTS) is 1. The molecule has 0 aliphatic rings. The van der Waals surface area contributed by atoms with Gasteiger partial charge in [0.2, 0.25) is 0 Å². The van der Waals surface area contributed by atoms with Crippen LogP contribution < -0.4 is 0 Å². The highest BCUT2D eigenvalue weighted by molar-refractivity contribution is 5.92. The molecule has 0 radical (unpaired) electrons. The summed E-state index contributed by atoms with van der Waals surface area (Å²) < 4.78 is 6.51. The second-order valence-electron chi connectivity index (χ2n) is 4.97. The van der Waals surface area contributed by atoms with E-state index < -0.39 is 11.9 Å². The van der Waals surface area contributed by atoms with Gasteiger partial charge in [-0.05, 0) is 36.3 Å². The van der Waals surface area contributed by atoms with E-state index in [9.17, 15) is 14.7 Å². The van der Waals surface area contributed by atoms with Crippen LogP contribution in [-0.2, 0) is 20.9 Å². The molecule has 6 nitrogen and oxygen atoms in total. The van der Waals surface area contributed by atoms with E-state index in [1.807, 2.05) is 6.07 Å². The van der Waals surface area contributed by atoms with Crippen molar-refractivity contribution in [3.63, 3.8) is 0 Å². The topological polar surface area (TPSA) is 81.4 Å². The average Bonchev–Trinajstić information content (AvgIpc) is 3.06. The molecule has 0 amide bonds. The first-order valence-corrected chi connectivity index (χ1v) is 7.43. The second kappa shape index (κ2) is 8.47. The molecule has 0 spiro atoms. The maximum Gasteiger partial charge on any atom is 0.333 e. The molecule has 0 aliphatic carbocycles. The molecule has 2 rings (SSSR count). The van der Waals surface area contributed by atoms with Gasteiger partial charge in [-0.25, -0.2) is 14.6 Å². The number of aliphatic carboxylic acids is 1. The van der Waals surface area contributed by atoms with Crippen molar-refractivity contribution in [1.29, 1.82) is 0 Å². The normalized spacial score (nSPS) is 11.6. The number of esters is 1. The van der Waals surface area contributed by atoms with Crippen LogP contribution in [0.25, 0.3) is 12.2 Å². The standard InChI is InChI=1S/C18H18N2O4/c1-2-24-17(21)7-6-14-4-3-5-15(10-14)11-16(18(22)23)12-20-9-8-19-13-20/h3-11,13H,2,12H2,1H3,(H,22,23). The Balaban J connectivity index is 2.19. The number of carbonyl (C=O) groups excluding carboxylic acids is 1. The summed E-state index contributed by atoms with van der Waals surface area (Å²) in [6.07, 6.45) is 9.44. The Kier molecular flexibility index (Phi) is 6.08. The van der Waals surface area contributed by atoms with Crippen molar-refractivity contribution in [1.82, 2.24) is 9.55 Å². The Hall–Kier alpha value is -3.15. The Labute approximate surface area is 139 Å². The molecule has 0 saturated carbocycles. The molecule has 0 atom stereocenters. The molecule has 0 aliphatic heterocycles. The minimum atomic E-state index is -0.990. The lowest BCUT2D eigenvalue weighted by Gasteiger charge is -2.04. The summed E-state index contributed by atoms with van der Waals surface area (Å²) in [7, 11) is 0. The van der Waals surface area contributed by atoms with Crippen LogP contribution in [0.5, 0.6) is 0 Å². The maximum absolute atomic E-state index is 11.4. The van der Waals surface area contributed by atoms with Crippen LogP contribution in [0.2, 0.25) is 0 Å². The van der Waals surface area contributed by atoms with Gasteiger partial charge in [0.1, 0.15) is 0 Å². The number of carbonyl (C=O) groups is 2. The number of benzene rings is 1. The smallest absolute Gasteiger partial charge is 0.333 e. The van der Waals surface area contributed by atoms with Crippen molar-refractivity contribution in [2.45, 2.75) is 13.5 Å². The summed E-state index contributed by atoms with van der Waals surface area (Å²) in [5, 5.41) is 9.36. The first-order chi connectivity index (χ1) is 11.6. The Morgan fingerprint density at radius 2 is 2.12 bits per heavy atom. The minimum absolute atomic E-state index is 0.220. The van der Waals surface area contributed by atoms with Crippen molar-refractivity contribution in [2.24, 2.45) is 0 Å². The first-order valence-electron chi connectivity index (χ1n) is 7.43. The highest BCUT2D eigenvalue weighted by Gasteiger charge is 2.08. The molecule has 124 valence electrons. The van der Waals surface area contributed by atoms with E-state index in [2.05, 4.69) is 4.98 Å². The quantitative estimate of drug-likeness (QED) is 0.625. The van der Waals surface area contributed by atoms with Gasteiger partial charge in [0, 0.05) is 18.5 Å². The lowest BCUT2D eigenvalue weighted by atomic mass is 10.1. The molecule has 1 aromatic carbocycles. The number of hydrogen-bond donors (Lipinski definition) is 1. The molecule has 1 N–H and O–H groups in total. The number of imidazole rings is 1. The van der Waals surface area contributed by atoms with Gasteiger partial charge < -0.3 is 14.4 Å². The number of ether oxygens (including phenoxy) is 1. The Morgan fingerprint density at radius 3 is 2.79 bits per heavy atom. The lowest BCUT2D eigenvalue weighted by molar-refractivity contribution is -0.137. The summed E-state index contributed by atoms with van der Waals surface area (Å²) in [4.78, 5) is 26.7. The van der Waals surface area contributed by atoms with Crippen LogP contribution in [0.1, 0.15) is 18.1 Å². The van der Waals surface area contributed by atoms with Gasteiger partial charge in [-0.3, -0.25) is 0 Å². The second-order valence-corrected chi connectivity index (χ2v) is 4.97. The Bertz CT molecular complexity index is 761. The van der Waals surface area contributed by atoms with Crippen LogP contribution >= 0.6 is 0 Å². The zero-order valence-corrected chi connectivity index (χ0v) is 13.3. The first kappa shape index (κ1) is 17.2. The van der Waals surface area contributed by atoms with Crippen LogP contribution in [0.15, 0.2) is 54.6 Å². The summed E-state index contributed by atoms with van der Waals surface area (Å²) in [5.41, 5.74) is 1.75. The van der Waals surface area contributed by atoms with Gasteiger partial charge in [-0.2, -0.15) is 0 Å². The molecule has 1 aromatic heterocycles. The van der Waals surface area contributed by atoms with Crippen molar-refractivity contribution in [3.8, 4) is 0 Å². The highest BCUT2D eigenvalue weighted by atomic mass is 16.5. The lowest BCUT2D eigenvalue weighted by Crippen LogP contribution is -2.08. The van der Waals surface area contributed by atoms with E-state index in [0.717, 1.165) is 11.1 Å². The van der Waals surface area contributed by atoms with Crippen LogP contribution in [-0.4, -0.2) is 33.2 Å². The van der Waals surface area contributed by atoms with E-state index in [-0.39, 0.29) is 12.1 Å². The van der Waals surface area contributed by atoms with Crippen LogP contribution in [0.4, 0.5) is 0 Å². The summed E-state index contributed by atoms with van der Waals surface area (Å²) in [6, 6.07) is 7.22. The number of hydrogen-bond acceptors (Lipinski definition) is 4. The van der Waals surface area contributed by atoms with Gasteiger partial charge >= 0.3 is 11.9 Å². The monoisotopic (exact) mass is 326 g/mol. The molecule has 1 heterocycles.